The molecule has 0 saturated carbocycles. The molecule has 0 aliphatic carbocycles. The Bertz CT molecular complexity index is 343. The van der Waals surface area contributed by atoms with Gasteiger partial charge in [-0.05, 0) is 13.1 Å². The Morgan fingerprint density at radius 2 is 2.27 bits per heavy atom. The predicted molar refractivity (Wildman–Crippen MR) is 45.6 cm³/mol. The van der Waals surface area contributed by atoms with Crippen molar-refractivity contribution in [3.63, 3.8) is 0 Å². The number of hydrogen-bond donors (Lipinski definition) is 1. The summed E-state index contributed by atoms with van der Waals surface area (Å²) in [4.78, 5) is 0.218. The summed E-state index contributed by atoms with van der Waals surface area (Å²) in [6.45, 7) is 0. The Kier molecular flexibility index (Phi) is 2.54. The van der Waals surface area contributed by atoms with Crippen molar-refractivity contribution in [1.29, 1.82) is 0 Å². The lowest BCUT2D eigenvalue weighted by Crippen LogP contribution is -2.17. The van der Waals surface area contributed by atoms with Gasteiger partial charge in [0.05, 0.1) is 9.23 Å². The molecule has 1 aromatic rings. The zero-order valence-electron chi connectivity index (χ0n) is 5.67. The monoisotopic (exact) mass is 211 g/mol. The number of thiophene rings is 1. The van der Waals surface area contributed by atoms with Crippen molar-refractivity contribution in [2.75, 3.05) is 7.05 Å². The molecule has 1 N–H and O–H groups in total. The predicted octanol–water partition coefficient (Wildman–Crippen LogP) is 1.31. The molecule has 1 heterocycles. The molecule has 0 fully saturated rings. The minimum atomic E-state index is -3.30. The Labute approximate surface area is 74.1 Å². The first-order valence-electron chi connectivity index (χ1n) is 2.74. The Balaban J connectivity index is 3.13. The Morgan fingerprint density at radius 1 is 1.64 bits per heavy atom. The van der Waals surface area contributed by atoms with Crippen LogP contribution in [0, 0.1) is 0 Å². The maximum atomic E-state index is 11.1. The number of nitrogens with one attached hydrogen (secondary N) is 1. The van der Waals surface area contributed by atoms with E-state index in [2.05, 4.69) is 4.72 Å². The van der Waals surface area contributed by atoms with Gasteiger partial charge >= 0.3 is 0 Å². The van der Waals surface area contributed by atoms with Crippen molar-refractivity contribution < 1.29 is 8.42 Å². The third kappa shape index (κ3) is 1.93. The van der Waals surface area contributed by atoms with E-state index in [1.807, 2.05) is 0 Å². The highest BCUT2D eigenvalue weighted by atomic mass is 35.5. The van der Waals surface area contributed by atoms with Crippen LogP contribution in [0.3, 0.4) is 0 Å². The van der Waals surface area contributed by atoms with Gasteiger partial charge in [0.15, 0.2) is 0 Å². The molecule has 0 aliphatic rings. The summed E-state index contributed by atoms with van der Waals surface area (Å²) in [5, 5.41) is 1.49. The van der Waals surface area contributed by atoms with Crippen LogP contribution in [0.4, 0.5) is 0 Å². The standard InChI is InChI=1S/C5H6ClNO2S2/c1-7-11(8,9)4-2-5(6)10-3-4/h2-3,7H,1H3. The quantitative estimate of drug-likeness (QED) is 0.802. The average molecular weight is 212 g/mol. The second-order valence-electron chi connectivity index (χ2n) is 1.79. The van der Waals surface area contributed by atoms with Crippen molar-refractivity contribution in [3.05, 3.63) is 15.8 Å². The van der Waals surface area contributed by atoms with Crippen LogP contribution in [0.2, 0.25) is 4.34 Å². The fourth-order valence-corrected chi connectivity index (χ4v) is 2.60. The second kappa shape index (κ2) is 3.10. The lowest BCUT2D eigenvalue weighted by molar-refractivity contribution is 0.588. The molecule has 0 aliphatic heterocycles. The van der Waals surface area contributed by atoms with Crippen LogP contribution in [0.15, 0.2) is 16.3 Å². The van der Waals surface area contributed by atoms with Crippen LogP contribution in [0.5, 0.6) is 0 Å². The molecule has 6 heteroatoms. The molecule has 0 saturated heterocycles. The molecule has 1 aromatic heterocycles. The fraction of sp³-hybridized carbons (Fsp3) is 0.200. The van der Waals surface area contributed by atoms with E-state index in [0.717, 1.165) is 0 Å². The molecule has 0 amide bonds. The molecule has 62 valence electrons. The fourth-order valence-electron chi connectivity index (χ4n) is 0.553. The number of sulfonamides is 1. The molecule has 0 unspecified atom stereocenters. The molecule has 3 nitrogen and oxygen atoms in total. The molecule has 0 spiro atoms. The van der Waals surface area contributed by atoms with Crippen molar-refractivity contribution in [3.8, 4) is 0 Å². The van der Waals surface area contributed by atoms with E-state index in [1.54, 1.807) is 0 Å². The van der Waals surface area contributed by atoms with E-state index in [9.17, 15) is 8.42 Å². The summed E-state index contributed by atoms with van der Waals surface area (Å²) in [6, 6.07) is 1.41. The van der Waals surface area contributed by atoms with Gasteiger partial charge in [-0.2, -0.15) is 0 Å². The average Bonchev–Trinajstić information content (AvgIpc) is 2.36. The van der Waals surface area contributed by atoms with E-state index in [1.165, 1.54) is 29.8 Å². The highest BCUT2D eigenvalue weighted by molar-refractivity contribution is 7.89. The third-order valence-electron chi connectivity index (χ3n) is 1.12. The molecule has 0 atom stereocenters. The van der Waals surface area contributed by atoms with Crippen LogP contribution in [-0.4, -0.2) is 15.5 Å². The van der Waals surface area contributed by atoms with Gasteiger partial charge in [-0.1, -0.05) is 11.6 Å². The normalized spacial score (nSPS) is 11.8. The summed E-state index contributed by atoms with van der Waals surface area (Å²) in [5.74, 6) is 0. The topological polar surface area (TPSA) is 46.2 Å². The minimum Gasteiger partial charge on any atom is -0.214 e. The molecular weight excluding hydrogens is 206 g/mol. The summed E-state index contributed by atoms with van der Waals surface area (Å²) >= 11 is 6.74. The van der Waals surface area contributed by atoms with Crippen molar-refractivity contribution in [2.24, 2.45) is 0 Å². The summed E-state index contributed by atoms with van der Waals surface area (Å²) in [7, 11) is -1.94. The largest absolute Gasteiger partial charge is 0.241 e. The molecule has 0 radical (unpaired) electrons. The van der Waals surface area contributed by atoms with Gasteiger partial charge in [0.2, 0.25) is 10.0 Å². The first-order valence-corrected chi connectivity index (χ1v) is 5.48. The maximum absolute atomic E-state index is 11.1. The molecule has 1 rings (SSSR count). The molecule has 11 heavy (non-hydrogen) atoms. The van der Waals surface area contributed by atoms with Crippen LogP contribution in [-0.2, 0) is 10.0 Å². The molecular formula is C5H6ClNO2S2. The van der Waals surface area contributed by atoms with E-state index in [0.29, 0.717) is 4.34 Å². The lowest BCUT2D eigenvalue weighted by atomic mass is 10.7. The van der Waals surface area contributed by atoms with E-state index in [4.69, 9.17) is 11.6 Å². The van der Waals surface area contributed by atoms with E-state index >= 15 is 0 Å². The Morgan fingerprint density at radius 3 is 2.64 bits per heavy atom. The SMILES string of the molecule is CNS(=O)(=O)c1csc(Cl)c1. The first-order chi connectivity index (χ1) is 5.06. The highest BCUT2D eigenvalue weighted by Gasteiger charge is 2.12. The second-order valence-corrected chi connectivity index (χ2v) is 5.22. The number of hydrogen-bond acceptors (Lipinski definition) is 3. The Hall–Kier alpha value is -0.100. The van der Waals surface area contributed by atoms with Gasteiger partial charge in [-0.3, -0.25) is 0 Å². The molecule has 0 aromatic carbocycles. The van der Waals surface area contributed by atoms with E-state index in [-0.39, 0.29) is 4.90 Å². The number of rotatable bonds is 2. The summed E-state index contributed by atoms with van der Waals surface area (Å²) in [6.07, 6.45) is 0. The van der Waals surface area contributed by atoms with Gasteiger partial charge in [0.25, 0.3) is 0 Å². The molecule has 0 bridgehead atoms. The minimum absolute atomic E-state index is 0.218. The zero-order valence-corrected chi connectivity index (χ0v) is 8.05. The van der Waals surface area contributed by atoms with Crippen molar-refractivity contribution in [2.45, 2.75) is 4.90 Å². The van der Waals surface area contributed by atoms with Gasteiger partial charge in [-0.15, -0.1) is 11.3 Å². The van der Waals surface area contributed by atoms with Crippen LogP contribution >= 0.6 is 22.9 Å². The van der Waals surface area contributed by atoms with Crippen LogP contribution in [0.25, 0.3) is 0 Å². The highest BCUT2D eigenvalue weighted by Crippen LogP contribution is 2.22. The van der Waals surface area contributed by atoms with Crippen LogP contribution in [0.1, 0.15) is 0 Å². The van der Waals surface area contributed by atoms with Crippen molar-refractivity contribution >= 4 is 33.0 Å². The first kappa shape index (κ1) is 8.99. The lowest BCUT2D eigenvalue weighted by Gasteiger charge is -1.95. The maximum Gasteiger partial charge on any atom is 0.241 e. The van der Waals surface area contributed by atoms with E-state index < -0.39 is 10.0 Å². The van der Waals surface area contributed by atoms with Crippen LogP contribution < -0.4 is 4.72 Å². The van der Waals surface area contributed by atoms with Gasteiger partial charge in [-0.25, -0.2) is 13.1 Å². The van der Waals surface area contributed by atoms with Gasteiger partial charge < -0.3 is 0 Å². The van der Waals surface area contributed by atoms with Gasteiger partial charge in [0.1, 0.15) is 0 Å². The number of halogens is 1. The van der Waals surface area contributed by atoms with Crippen molar-refractivity contribution in [1.82, 2.24) is 4.72 Å². The summed E-state index contributed by atoms with van der Waals surface area (Å²) in [5.41, 5.74) is 0. The smallest absolute Gasteiger partial charge is 0.214 e. The van der Waals surface area contributed by atoms with Gasteiger partial charge in [0, 0.05) is 5.38 Å². The zero-order chi connectivity index (χ0) is 8.48. The third-order valence-corrected chi connectivity index (χ3v) is 3.76. The summed E-state index contributed by atoms with van der Waals surface area (Å²) < 4.78 is 24.8.